The van der Waals surface area contributed by atoms with Crippen LogP contribution in [0.1, 0.15) is 38.1 Å². The van der Waals surface area contributed by atoms with Gasteiger partial charge in [-0.2, -0.15) is 11.8 Å². The van der Waals surface area contributed by atoms with Crippen molar-refractivity contribution >= 4 is 22.7 Å². The Bertz CT molecular complexity index is 721. The standard InChI is InChI=1S/C18H24N2O2S/c1-12(2)9-13-3-4-15-16(10-13)19-17(20-18(15)21)11-23-14-5-7-22-8-6-14/h3-4,10,12,14H,5-9,11H2,1-2H3,(H,19,20,21). The Kier molecular flexibility index (Phi) is 5.38. The van der Waals surface area contributed by atoms with Crippen LogP contribution in [0.3, 0.4) is 0 Å². The first-order chi connectivity index (χ1) is 11.1. The van der Waals surface area contributed by atoms with Gasteiger partial charge in [0.05, 0.1) is 16.7 Å². The first kappa shape index (κ1) is 16.5. The molecule has 0 radical (unpaired) electrons. The van der Waals surface area contributed by atoms with Gasteiger partial charge >= 0.3 is 0 Å². The number of thioether (sulfide) groups is 1. The van der Waals surface area contributed by atoms with Gasteiger partial charge in [0.25, 0.3) is 5.56 Å². The summed E-state index contributed by atoms with van der Waals surface area (Å²) < 4.78 is 5.39. The van der Waals surface area contributed by atoms with Crippen molar-refractivity contribution in [1.29, 1.82) is 0 Å². The van der Waals surface area contributed by atoms with E-state index in [0.717, 1.165) is 49.6 Å². The van der Waals surface area contributed by atoms with Gasteiger partial charge in [0.1, 0.15) is 5.82 Å². The van der Waals surface area contributed by atoms with Crippen molar-refractivity contribution in [2.75, 3.05) is 13.2 Å². The minimum atomic E-state index is -0.0336. The molecule has 3 rings (SSSR count). The molecule has 0 amide bonds. The lowest BCUT2D eigenvalue weighted by atomic mass is 10.0. The highest BCUT2D eigenvalue weighted by molar-refractivity contribution is 7.99. The third kappa shape index (κ3) is 4.36. The van der Waals surface area contributed by atoms with Crippen LogP contribution in [0, 0.1) is 5.92 Å². The van der Waals surface area contributed by atoms with Gasteiger partial charge < -0.3 is 9.72 Å². The highest BCUT2D eigenvalue weighted by Gasteiger charge is 2.15. The molecule has 2 heterocycles. The van der Waals surface area contributed by atoms with Gasteiger partial charge in [-0.05, 0) is 42.9 Å². The molecule has 1 fully saturated rings. The van der Waals surface area contributed by atoms with Gasteiger partial charge in [-0.3, -0.25) is 4.79 Å². The number of nitrogens with zero attached hydrogens (tertiary/aromatic N) is 1. The van der Waals surface area contributed by atoms with Crippen molar-refractivity contribution in [3.8, 4) is 0 Å². The van der Waals surface area contributed by atoms with Crippen LogP contribution < -0.4 is 5.56 Å². The van der Waals surface area contributed by atoms with Gasteiger partial charge in [0, 0.05) is 18.5 Å². The molecule has 0 spiro atoms. The minimum absolute atomic E-state index is 0.0336. The largest absolute Gasteiger partial charge is 0.381 e. The number of benzene rings is 1. The van der Waals surface area contributed by atoms with E-state index in [2.05, 4.69) is 29.9 Å². The van der Waals surface area contributed by atoms with Crippen LogP contribution in [-0.2, 0) is 16.9 Å². The van der Waals surface area contributed by atoms with Crippen molar-refractivity contribution in [3.05, 3.63) is 39.9 Å². The zero-order valence-electron chi connectivity index (χ0n) is 13.8. The van der Waals surface area contributed by atoms with E-state index in [1.807, 2.05) is 23.9 Å². The molecule has 1 saturated heterocycles. The number of ether oxygens (including phenoxy) is 1. The molecule has 0 unspecified atom stereocenters. The van der Waals surface area contributed by atoms with Crippen LogP contribution >= 0.6 is 11.8 Å². The molecule has 2 aromatic rings. The smallest absolute Gasteiger partial charge is 0.258 e. The average molecular weight is 332 g/mol. The summed E-state index contributed by atoms with van der Waals surface area (Å²) in [5.74, 6) is 2.13. The topological polar surface area (TPSA) is 55.0 Å². The van der Waals surface area contributed by atoms with E-state index in [0.29, 0.717) is 16.6 Å². The van der Waals surface area contributed by atoms with Crippen molar-refractivity contribution in [3.63, 3.8) is 0 Å². The van der Waals surface area contributed by atoms with Crippen LogP contribution in [0.2, 0.25) is 0 Å². The van der Waals surface area contributed by atoms with Crippen LogP contribution in [0.25, 0.3) is 10.9 Å². The Labute approximate surface area is 141 Å². The fraction of sp³-hybridized carbons (Fsp3) is 0.556. The number of nitrogens with one attached hydrogen (secondary N) is 1. The molecular formula is C18H24N2O2S. The Morgan fingerprint density at radius 2 is 2.13 bits per heavy atom. The quantitative estimate of drug-likeness (QED) is 0.910. The molecule has 23 heavy (non-hydrogen) atoms. The number of aromatic amines is 1. The lowest BCUT2D eigenvalue weighted by molar-refractivity contribution is 0.1000. The number of hydrogen-bond donors (Lipinski definition) is 1. The molecule has 1 N–H and O–H groups in total. The second kappa shape index (κ2) is 7.49. The van der Waals surface area contributed by atoms with Crippen LogP contribution in [-0.4, -0.2) is 28.4 Å². The zero-order chi connectivity index (χ0) is 16.2. The van der Waals surface area contributed by atoms with Gasteiger partial charge in [0.15, 0.2) is 0 Å². The summed E-state index contributed by atoms with van der Waals surface area (Å²) in [6, 6.07) is 6.00. The normalized spacial score (nSPS) is 16.3. The second-order valence-electron chi connectivity index (χ2n) is 6.58. The average Bonchev–Trinajstić information content (AvgIpc) is 2.53. The summed E-state index contributed by atoms with van der Waals surface area (Å²) in [6.07, 6.45) is 3.18. The van der Waals surface area contributed by atoms with E-state index >= 15 is 0 Å². The van der Waals surface area contributed by atoms with E-state index in [-0.39, 0.29) is 5.56 Å². The summed E-state index contributed by atoms with van der Waals surface area (Å²) in [4.78, 5) is 19.9. The van der Waals surface area contributed by atoms with E-state index in [4.69, 9.17) is 4.74 Å². The maximum Gasteiger partial charge on any atom is 0.258 e. The lowest BCUT2D eigenvalue weighted by Crippen LogP contribution is -2.18. The molecule has 0 aliphatic carbocycles. The van der Waals surface area contributed by atoms with Crippen molar-refractivity contribution in [2.24, 2.45) is 5.92 Å². The number of aromatic nitrogens is 2. The summed E-state index contributed by atoms with van der Waals surface area (Å²) in [7, 11) is 0. The highest BCUT2D eigenvalue weighted by atomic mass is 32.2. The van der Waals surface area contributed by atoms with E-state index in [9.17, 15) is 4.79 Å². The molecule has 0 bridgehead atoms. The number of rotatable bonds is 5. The molecule has 4 nitrogen and oxygen atoms in total. The number of hydrogen-bond acceptors (Lipinski definition) is 4. The maximum absolute atomic E-state index is 12.3. The molecule has 0 atom stereocenters. The van der Waals surface area contributed by atoms with Crippen LogP contribution in [0.15, 0.2) is 23.0 Å². The molecule has 1 aromatic heterocycles. The predicted octanol–water partition coefficient (Wildman–Crippen LogP) is 3.53. The first-order valence-electron chi connectivity index (χ1n) is 8.33. The fourth-order valence-electron chi connectivity index (χ4n) is 2.94. The molecule has 5 heteroatoms. The van der Waals surface area contributed by atoms with E-state index in [1.165, 1.54) is 5.56 Å². The Morgan fingerprint density at radius 3 is 2.87 bits per heavy atom. The SMILES string of the molecule is CC(C)Cc1ccc2c(=O)[nH]c(CSC3CCOCC3)nc2c1. The molecular weight excluding hydrogens is 308 g/mol. The predicted molar refractivity (Wildman–Crippen MR) is 96.0 cm³/mol. The van der Waals surface area contributed by atoms with Gasteiger partial charge in [-0.15, -0.1) is 0 Å². The zero-order valence-corrected chi connectivity index (χ0v) is 14.6. The van der Waals surface area contributed by atoms with Crippen molar-refractivity contribution in [2.45, 2.75) is 44.1 Å². The van der Waals surface area contributed by atoms with E-state index < -0.39 is 0 Å². The second-order valence-corrected chi connectivity index (χ2v) is 7.87. The van der Waals surface area contributed by atoms with E-state index in [1.54, 1.807) is 0 Å². The summed E-state index contributed by atoms with van der Waals surface area (Å²) in [5.41, 5.74) is 2.02. The monoisotopic (exact) mass is 332 g/mol. The van der Waals surface area contributed by atoms with Gasteiger partial charge in [-0.25, -0.2) is 4.98 Å². The van der Waals surface area contributed by atoms with Gasteiger partial charge in [0.2, 0.25) is 0 Å². The maximum atomic E-state index is 12.3. The minimum Gasteiger partial charge on any atom is -0.381 e. The first-order valence-corrected chi connectivity index (χ1v) is 9.38. The molecule has 124 valence electrons. The molecule has 0 saturated carbocycles. The molecule has 1 aromatic carbocycles. The molecule has 1 aliphatic rings. The fourth-order valence-corrected chi connectivity index (χ4v) is 4.00. The van der Waals surface area contributed by atoms with Crippen LogP contribution in [0.4, 0.5) is 0 Å². The summed E-state index contributed by atoms with van der Waals surface area (Å²) in [6.45, 7) is 6.09. The summed E-state index contributed by atoms with van der Waals surface area (Å²) in [5, 5.41) is 1.29. The Morgan fingerprint density at radius 1 is 1.35 bits per heavy atom. The third-order valence-electron chi connectivity index (χ3n) is 4.09. The number of H-pyrrole nitrogens is 1. The van der Waals surface area contributed by atoms with Crippen LogP contribution in [0.5, 0.6) is 0 Å². The summed E-state index contributed by atoms with van der Waals surface area (Å²) >= 11 is 1.87. The van der Waals surface area contributed by atoms with Crippen molar-refractivity contribution < 1.29 is 4.74 Å². The third-order valence-corrected chi connectivity index (χ3v) is 5.47. The Balaban J connectivity index is 1.78. The highest BCUT2D eigenvalue weighted by Crippen LogP contribution is 2.24. The molecule has 1 aliphatic heterocycles. The lowest BCUT2D eigenvalue weighted by Gasteiger charge is -2.21. The Hall–Kier alpha value is -1.33. The number of fused-ring (bicyclic) bond motifs is 1. The van der Waals surface area contributed by atoms with Crippen molar-refractivity contribution in [1.82, 2.24) is 9.97 Å². The van der Waals surface area contributed by atoms with Gasteiger partial charge in [-0.1, -0.05) is 19.9 Å².